The average molecular weight is 389 g/mol. The highest BCUT2D eigenvalue weighted by molar-refractivity contribution is 5.93. The number of rotatable bonds is 6. The molecule has 5 heteroatoms. The van der Waals surface area contributed by atoms with Crippen LogP contribution in [0.15, 0.2) is 73.1 Å². The van der Waals surface area contributed by atoms with Crippen LogP contribution in [0.2, 0.25) is 0 Å². The summed E-state index contributed by atoms with van der Waals surface area (Å²) in [7, 11) is 1.92. The number of amides is 1. The first-order valence-electron chi connectivity index (χ1n) is 10.3. The van der Waals surface area contributed by atoms with Gasteiger partial charge in [0, 0.05) is 32.4 Å². The van der Waals surface area contributed by atoms with Crippen LogP contribution >= 0.6 is 0 Å². The molecule has 0 N–H and O–H groups in total. The summed E-state index contributed by atoms with van der Waals surface area (Å²) >= 11 is 0. The van der Waals surface area contributed by atoms with Gasteiger partial charge in [-0.05, 0) is 43.5 Å². The van der Waals surface area contributed by atoms with Crippen LogP contribution in [0.4, 0.5) is 0 Å². The molecule has 1 saturated heterocycles. The number of hydrogen-bond donors (Lipinski definition) is 0. The van der Waals surface area contributed by atoms with Gasteiger partial charge in [-0.1, -0.05) is 48.5 Å². The summed E-state index contributed by atoms with van der Waals surface area (Å²) in [6.45, 7) is 3.08. The molecule has 1 aliphatic heterocycles. The van der Waals surface area contributed by atoms with Crippen molar-refractivity contribution in [3.63, 3.8) is 0 Å². The maximum atomic E-state index is 13.0. The van der Waals surface area contributed by atoms with Crippen LogP contribution in [0.5, 0.6) is 0 Å². The first kappa shape index (κ1) is 19.4. The smallest absolute Gasteiger partial charge is 0.257 e. The fourth-order valence-corrected chi connectivity index (χ4v) is 4.01. The van der Waals surface area contributed by atoms with Gasteiger partial charge in [0.25, 0.3) is 5.91 Å². The quantitative estimate of drug-likeness (QED) is 0.647. The second kappa shape index (κ2) is 9.05. The zero-order valence-corrected chi connectivity index (χ0v) is 16.9. The maximum absolute atomic E-state index is 13.0. The highest BCUT2D eigenvalue weighted by Crippen LogP contribution is 2.18. The predicted molar refractivity (Wildman–Crippen MR) is 115 cm³/mol. The van der Waals surface area contributed by atoms with E-state index in [1.807, 2.05) is 48.5 Å². The van der Waals surface area contributed by atoms with E-state index in [0.717, 1.165) is 44.6 Å². The molecule has 0 radical (unpaired) electrons. The lowest BCUT2D eigenvalue weighted by Crippen LogP contribution is -2.48. The zero-order chi connectivity index (χ0) is 20.1. The summed E-state index contributed by atoms with van der Waals surface area (Å²) in [5.74, 6) is 0.0436. The molecule has 29 heavy (non-hydrogen) atoms. The van der Waals surface area contributed by atoms with Crippen molar-refractivity contribution in [2.24, 2.45) is 0 Å². The molecule has 0 spiro atoms. The molecular weight excluding hydrogens is 360 g/mol. The van der Waals surface area contributed by atoms with Crippen LogP contribution in [0.25, 0.3) is 5.69 Å². The predicted octanol–water partition coefficient (Wildman–Crippen LogP) is 3.65. The highest BCUT2D eigenvalue weighted by Gasteiger charge is 2.27. The number of piperidine rings is 1. The number of likely N-dealkylation sites (N-methyl/N-ethyl adjacent to an activating group) is 1. The van der Waals surface area contributed by atoms with Crippen molar-refractivity contribution in [3.05, 3.63) is 84.2 Å². The van der Waals surface area contributed by atoms with Crippen molar-refractivity contribution in [2.45, 2.75) is 25.3 Å². The number of aromatic nitrogens is 2. The monoisotopic (exact) mass is 388 g/mol. The Morgan fingerprint density at radius 3 is 2.59 bits per heavy atom. The van der Waals surface area contributed by atoms with Gasteiger partial charge in [0.1, 0.15) is 0 Å². The number of para-hydroxylation sites is 1. The molecule has 0 saturated carbocycles. The Labute approximate surface area is 172 Å². The summed E-state index contributed by atoms with van der Waals surface area (Å²) in [6.07, 6.45) is 6.72. The van der Waals surface area contributed by atoms with Crippen molar-refractivity contribution < 1.29 is 4.79 Å². The zero-order valence-electron chi connectivity index (χ0n) is 16.9. The molecule has 1 aliphatic rings. The second-order valence-electron chi connectivity index (χ2n) is 7.76. The summed E-state index contributed by atoms with van der Waals surface area (Å²) in [5.41, 5.74) is 2.96. The fraction of sp³-hybridized carbons (Fsp3) is 0.333. The van der Waals surface area contributed by atoms with Gasteiger partial charge in [0.05, 0.1) is 17.4 Å². The molecule has 1 atom stereocenters. The molecule has 1 aromatic heterocycles. The fourth-order valence-electron chi connectivity index (χ4n) is 4.01. The highest BCUT2D eigenvalue weighted by atomic mass is 16.2. The number of hydrogen-bond acceptors (Lipinski definition) is 3. The third kappa shape index (κ3) is 4.74. The minimum atomic E-state index is 0.0436. The molecule has 1 unspecified atom stereocenters. The number of likely N-dealkylation sites (tertiary alicyclic amines) is 1. The van der Waals surface area contributed by atoms with E-state index in [1.165, 1.54) is 5.56 Å². The Balaban J connectivity index is 1.36. The molecule has 5 nitrogen and oxygen atoms in total. The van der Waals surface area contributed by atoms with Crippen molar-refractivity contribution in [1.82, 2.24) is 19.6 Å². The molecule has 2 aromatic carbocycles. The van der Waals surface area contributed by atoms with E-state index < -0.39 is 0 Å². The Bertz CT molecular complexity index is 922. The minimum Gasteiger partial charge on any atom is -0.337 e. The summed E-state index contributed by atoms with van der Waals surface area (Å²) in [6, 6.07) is 20.7. The van der Waals surface area contributed by atoms with Crippen molar-refractivity contribution >= 4 is 5.91 Å². The van der Waals surface area contributed by atoms with E-state index in [1.54, 1.807) is 10.9 Å². The van der Waals surface area contributed by atoms with E-state index in [-0.39, 0.29) is 11.9 Å². The Kier molecular flexibility index (Phi) is 6.06. The third-order valence-electron chi connectivity index (χ3n) is 5.76. The third-order valence-corrected chi connectivity index (χ3v) is 5.76. The van der Waals surface area contributed by atoms with Gasteiger partial charge >= 0.3 is 0 Å². The van der Waals surface area contributed by atoms with Gasteiger partial charge in [0.2, 0.25) is 0 Å². The summed E-state index contributed by atoms with van der Waals surface area (Å²) in [5, 5.41) is 4.37. The van der Waals surface area contributed by atoms with Crippen LogP contribution in [0.3, 0.4) is 0 Å². The van der Waals surface area contributed by atoms with E-state index in [0.29, 0.717) is 5.56 Å². The number of nitrogens with zero attached hydrogens (tertiary/aromatic N) is 4. The SMILES string of the molecule is CN(C(=O)c1cnn(-c2ccccc2)c1)C1CCCN(CCc2ccccc2)C1. The average Bonchev–Trinajstić information content (AvgIpc) is 3.28. The van der Waals surface area contributed by atoms with Crippen LogP contribution in [0, 0.1) is 0 Å². The van der Waals surface area contributed by atoms with Gasteiger partial charge in [0.15, 0.2) is 0 Å². The molecule has 150 valence electrons. The molecule has 1 fully saturated rings. The van der Waals surface area contributed by atoms with Gasteiger partial charge in [-0.25, -0.2) is 4.68 Å². The van der Waals surface area contributed by atoms with E-state index >= 15 is 0 Å². The Morgan fingerprint density at radius 2 is 1.83 bits per heavy atom. The van der Waals surface area contributed by atoms with Crippen molar-refractivity contribution in [3.8, 4) is 5.69 Å². The Morgan fingerprint density at radius 1 is 1.10 bits per heavy atom. The molecule has 0 aliphatic carbocycles. The van der Waals surface area contributed by atoms with E-state index in [4.69, 9.17) is 0 Å². The van der Waals surface area contributed by atoms with Gasteiger partial charge < -0.3 is 9.80 Å². The second-order valence-corrected chi connectivity index (χ2v) is 7.76. The van der Waals surface area contributed by atoms with Gasteiger partial charge in [-0.3, -0.25) is 4.79 Å². The lowest BCUT2D eigenvalue weighted by atomic mass is 10.0. The van der Waals surface area contributed by atoms with Crippen LogP contribution in [0.1, 0.15) is 28.8 Å². The molecular formula is C24H28N4O. The van der Waals surface area contributed by atoms with E-state index in [2.05, 4.69) is 40.3 Å². The minimum absolute atomic E-state index is 0.0436. The molecule has 4 rings (SSSR count). The lowest BCUT2D eigenvalue weighted by Gasteiger charge is -2.37. The van der Waals surface area contributed by atoms with Crippen LogP contribution < -0.4 is 0 Å². The molecule has 3 aromatic rings. The standard InChI is InChI=1S/C24H28N4O/c1-26(24(29)21-17-25-28(18-21)22-11-6-3-7-12-22)23-13-8-15-27(19-23)16-14-20-9-4-2-5-10-20/h2-7,9-12,17-18,23H,8,13-16,19H2,1H3. The number of carbonyl (C=O) groups is 1. The molecule has 0 bridgehead atoms. The van der Waals surface area contributed by atoms with Crippen LogP contribution in [-0.2, 0) is 6.42 Å². The number of carbonyl (C=O) groups excluding carboxylic acids is 1. The topological polar surface area (TPSA) is 41.4 Å². The lowest BCUT2D eigenvalue weighted by molar-refractivity contribution is 0.0619. The maximum Gasteiger partial charge on any atom is 0.257 e. The number of benzene rings is 2. The first-order chi connectivity index (χ1) is 14.2. The summed E-state index contributed by atoms with van der Waals surface area (Å²) < 4.78 is 1.76. The van der Waals surface area contributed by atoms with Gasteiger partial charge in [-0.2, -0.15) is 5.10 Å². The largest absolute Gasteiger partial charge is 0.337 e. The normalized spacial score (nSPS) is 17.2. The first-order valence-corrected chi connectivity index (χ1v) is 10.3. The van der Waals surface area contributed by atoms with E-state index in [9.17, 15) is 4.79 Å². The molecule has 2 heterocycles. The summed E-state index contributed by atoms with van der Waals surface area (Å²) in [4.78, 5) is 17.4. The van der Waals surface area contributed by atoms with Crippen molar-refractivity contribution in [2.75, 3.05) is 26.7 Å². The molecule has 1 amide bonds. The van der Waals surface area contributed by atoms with Gasteiger partial charge in [-0.15, -0.1) is 0 Å². The Hall–Kier alpha value is -2.92. The van der Waals surface area contributed by atoms with Crippen molar-refractivity contribution in [1.29, 1.82) is 0 Å². The van der Waals surface area contributed by atoms with Crippen LogP contribution in [-0.4, -0.2) is 58.2 Å².